The van der Waals surface area contributed by atoms with Crippen LogP contribution in [0.15, 0.2) is 0 Å². The molecule has 1 aliphatic heterocycles. The third-order valence-corrected chi connectivity index (χ3v) is 2.44. The average Bonchev–Trinajstić information content (AvgIpc) is 2.62. The molecule has 1 saturated heterocycles. The molecule has 5 heteroatoms. The van der Waals surface area contributed by atoms with Crippen molar-refractivity contribution in [3.8, 4) is 0 Å². The molecular weight excluding hydrogens is 260 g/mol. The average molecular weight is 294 g/mol. The highest BCUT2D eigenvalue weighted by molar-refractivity contribution is 5.69. The summed E-state index contributed by atoms with van der Waals surface area (Å²) < 4.78 is 14.5. The second-order valence-electron chi connectivity index (χ2n) is 4.13. The van der Waals surface area contributed by atoms with E-state index in [1.807, 2.05) is 0 Å². The van der Waals surface area contributed by atoms with Gasteiger partial charge < -0.3 is 19.3 Å². The second kappa shape index (κ2) is 20.7. The first-order valence-electron chi connectivity index (χ1n) is 6.64. The van der Waals surface area contributed by atoms with Crippen LogP contribution in [0.1, 0.15) is 59.8 Å². The van der Waals surface area contributed by atoms with Crippen molar-refractivity contribution in [3.63, 3.8) is 0 Å². The standard InChI is InChI=1S/C7H16O3.C6H10O2.2CH4/c1-9-7-10-6-4-2-3-5-8;7-6-4-2-1-3-5-8-6;;/h8H,2-7H2,1H3;1-5H2;2*1H4. The molecule has 0 atom stereocenters. The molecule has 124 valence electrons. The first-order chi connectivity index (χ1) is 8.81. The second-order valence-corrected chi connectivity index (χ2v) is 4.13. The van der Waals surface area contributed by atoms with E-state index < -0.39 is 0 Å². The van der Waals surface area contributed by atoms with Crippen molar-refractivity contribution >= 4 is 5.97 Å². The van der Waals surface area contributed by atoms with Crippen molar-refractivity contribution in [1.29, 1.82) is 0 Å². The Morgan fingerprint density at radius 3 is 2.55 bits per heavy atom. The maximum Gasteiger partial charge on any atom is 0.305 e. The lowest BCUT2D eigenvalue weighted by Crippen LogP contribution is -2.00. The summed E-state index contributed by atoms with van der Waals surface area (Å²) in [6.45, 7) is 2.02. The summed E-state index contributed by atoms with van der Waals surface area (Å²) in [5.41, 5.74) is 0. The summed E-state index contributed by atoms with van der Waals surface area (Å²) in [5, 5.41) is 8.40. The molecule has 0 unspecified atom stereocenters. The van der Waals surface area contributed by atoms with Crippen molar-refractivity contribution in [2.45, 2.75) is 59.8 Å². The summed E-state index contributed by atoms with van der Waals surface area (Å²) in [6, 6.07) is 0. The molecule has 0 amide bonds. The van der Waals surface area contributed by atoms with Crippen molar-refractivity contribution in [2.24, 2.45) is 0 Å². The van der Waals surface area contributed by atoms with Crippen LogP contribution in [0, 0.1) is 0 Å². The van der Waals surface area contributed by atoms with Gasteiger partial charge >= 0.3 is 5.97 Å². The Labute approximate surface area is 124 Å². The Bertz CT molecular complexity index is 167. The van der Waals surface area contributed by atoms with Gasteiger partial charge in [-0.3, -0.25) is 4.79 Å². The van der Waals surface area contributed by atoms with Gasteiger partial charge in [0.2, 0.25) is 0 Å². The summed E-state index contributed by atoms with van der Waals surface area (Å²) in [5.74, 6) is -0.0255. The van der Waals surface area contributed by atoms with Gasteiger partial charge in [0, 0.05) is 26.7 Å². The van der Waals surface area contributed by atoms with E-state index in [1.165, 1.54) is 0 Å². The number of aliphatic hydroxyl groups excluding tert-OH is 1. The van der Waals surface area contributed by atoms with Crippen LogP contribution in [0.3, 0.4) is 0 Å². The van der Waals surface area contributed by atoms with Crippen LogP contribution in [0.5, 0.6) is 0 Å². The molecule has 0 bridgehead atoms. The Morgan fingerprint density at radius 1 is 1.15 bits per heavy atom. The van der Waals surface area contributed by atoms with Gasteiger partial charge in [-0.1, -0.05) is 14.9 Å². The van der Waals surface area contributed by atoms with E-state index in [2.05, 4.69) is 4.74 Å². The van der Waals surface area contributed by atoms with Crippen LogP contribution in [0.25, 0.3) is 0 Å². The number of cyclic esters (lactones) is 1. The Hall–Kier alpha value is -0.650. The highest BCUT2D eigenvalue weighted by Crippen LogP contribution is 2.06. The number of hydrogen-bond acceptors (Lipinski definition) is 5. The number of esters is 1. The zero-order valence-corrected chi connectivity index (χ0v) is 11.4. The third-order valence-electron chi connectivity index (χ3n) is 2.44. The number of aliphatic hydroxyl groups is 1. The predicted molar refractivity (Wildman–Crippen MR) is 81.7 cm³/mol. The number of methoxy groups -OCH3 is 1. The minimum absolute atomic E-state index is 0. The molecule has 1 rings (SSSR count). The fourth-order valence-electron chi connectivity index (χ4n) is 1.44. The SMILES string of the molecule is C.C.COCOCCCCCO.O=C1CCCCCO1. The van der Waals surface area contributed by atoms with Crippen LogP contribution in [0.4, 0.5) is 0 Å². The van der Waals surface area contributed by atoms with Gasteiger partial charge in [0.15, 0.2) is 0 Å². The third kappa shape index (κ3) is 19.7. The summed E-state index contributed by atoms with van der Waals surface area (Å²) in [4.78, 5) is 10.5. The highest BCUT2D eigenvalue weighted by atomic mass is 16.7. The minimum Gasteiger partial charge on any atom is -0.466 e. The van der Waals surface area contributed by atoms with E-state index in [1.54, 1.807) is 7.11 Å². The number of carbonyl (C=O) groups is 1. The van der Waals surface area contributed by atoms with Crippen LogP contribution in [0.2, 0.25) is 0 Å². The molecular formula is C15H34O5. The monoisotopic (exact) mass is 294 g/mol. The molecule has 0 aromatic heterocycles. The quantitative estimate of drug-likeness (QED) is 0.444. The van der Waals surface area contributed by atoms with Gasteiger partial charge in [-0.25, -0.2) is 0 Å². The molecule has 0 aliphatic carbocycles. The van der Waals surface area contributed by atoms with E-state index in [4.69, 9.17) is 14.6 Å². The number of ether oxygens (including phenoxy) is 3. The smallest absolute Gasteiger partial charge is 0.305 e. The lowest BCUT2D eigenvalue weighted by molar-refractivity contribution is -0.142. The van der Waals surface area contributed by atoms with Crippen molar-refractivity contribution in [2.75, 3.05) is 33.7 Å². The van der Waals surface area contributed by atoms with E-state index in [0.29, 0.717) is 19.8 Å². The van der Waals surface area contributed by atoms with E-state index in [-0.39, 0.29) is 27.4 Å². The zero-order valence-electron chi connectivity index (χ0n) is 11.4. The Balaban J connectivity index is -0.000000266. The summed E-state index contributed by atoms with van der Waals surface area (Å²) in [6.07, 6.45) is 6.73. The lowest BCUT2D eigenvalue weighted by atomic mass is 10.2. The molecule has 0 radical (unpaired) electrons. The van der Waals surface area contributed by atoms with Gasteiger partial charge in [-0.15, -0.1) is 0 Å². The molecule has 0 spiro atoms. The fraction of sp³-hybridized carbons (Fsp3) is 0.933. The van der Waals surface area contributed by atoms with Gasteiger partial charge in [-0.05, 0) is 38.5 Å². The molecule has 5 nitrogen and oxygen atoms in total. The molecule has 1 aliphatic rings. The summed E-state index contributed by atoms with van der Waals surface area (Å²) in [7, 11) is 1.60. The Morgan fingerprint density at radius 2 is 1.90 bits per heavy atom. The van der Waals surface area contributed by atoms with Crippen LogP contribution < -0.4 is 0 Å². The topological polar surface area (TPSA) is 65.0 Å². The Kier molecular flexibility index (Phi) is 25.2. The lowest BCUT2D eigenvalue weighted by Gasteiger charge is -2.00. The van der Waals surface area contributed by atoms with Crippen LogP contribution >= 0.6 is 0 Å². The molecule has 1 fully saturated rings. The highest BCUT2D eigenvalue weighted by Gasteiger charge is 2.05. The van der Waals surface area contributed by atoms with Gasteiger partial charge in [0.25, 0.3) is 0 Å². The van der Waals surface area contributed by atoms with E-state index >= 15 is 0 Å². The summed E-state index contributed by atoms with van der Waals surface area (Å²) >= 11 is 0. The van der Waals surface area contributed by atoms with E-state index in [0.717, 1.165) is 45.1 Å². The normalized spacial score (nSPS) is 13.8. The maximum absolute atomic E-state index is 10.5. The molecule has 0 saturated carbocycles. The minimum atomic E-state index is -0.0255. The first kappa shape index (κ1) is 24.4. The zero-order chi connectivity index (χ0) is 13.5. The molecule has 1 N–H and O–H groups in total. The first-order valence-corrected chi connectivity index (χ1v) is 6.64. The maximum atomic E-state index is 10.5. The number of unbranched alkanes of at least 4 members (excludes halogenated alkanes) is 2. The largest absolute Gasteiger partial charge is 0.466 e. The molecule has 20 heavy (non-hydrogen) atoms. The molecule has 0 aromatic rings. The van der Waals surface area contributed by atoms with Gasteiger partial charge in [0.1, 0.15) is 6.79 Å². The predicted octanol–water partition coefficient (Wildman–Crippen LogP) is 3.15. The van der Waals surface area contributed by atoms with Crippen molar-refractivity contribution in [1.82, 2.24) is 0 Å². The van der Waals surface area contributed by atoms with Crippen LogP contribution in [-0.4, -0.2) is 44.8 Å². The van der Waals surface area contributed by atoms with Gasteiger partial charge in [0.05, 0.1) is 6.61 Å². The fourth-order valence-corrected chi connectivity index (χ4v) is 1.44. The van der Waals surface area contributed by atoms with Crippen molar-refractivity contribution < 1.29 is 24.1 Å². The number of rotatable bonds is 7. The molecule has 1 heterocycles. The molecule has 0 aromatic carbocycles. The number of hydrogen-bond donors (Lipinski definition) is 1. The van der Waals surface area contributed by atoms with E-state index in [9.17, 15) is 4.79 Å². The van der Waals surface area contributed by atoms with Crippen LogP contribution in [-0.2, 0) is 19.0 Å². The van der Waals surface area contributed by atoms with Gasteiger partial charge in [-0.2, -0.15) is 0 Å². The van der Waals surface area contributed by atoms with Crippen molar-refractivity contribution in [3.05, 3.63) is 0 Å². The number of carbonyl (C=O) groups excluding carboxylic acids is 1.